The van der Waals surface area contributed by atoms with Crippen molar-refractivity contribution in [2.45, 2.75) is 18.2 Å². The Kier molecular flexibility index (Phi) is 10.3. The number of amides is 1. The quantitative estimate of drug-likeness (QED) is 0.189. The highest BCUT2D eigenvalue weighted by atomic mass is 16.5. The molecular weight excluding hydrogens is 564 g/mol. The molecule has 2 aromatic heterocycles. The number of nitrogens with zero attached hydrogens (tertiary/aromatic N) is 6. The van der Waals surface area contributed by atoms with E-state index in [1.165, 1.54) is 6.08 Å². The molecule has 1 fully saturated rings. The van der Waals surface area contributed by atoms with E-state index in [1.807, 2.05) is 42.6 Å². The first kappa shape index (κ1) is 31.9. The van der Waals surface area contributed by atoms with Crippen molar-refractivity contribution < 1.29 is 14.3 Å². The second kappa shape index (κ2) is 14.5. The third kappa shape index (κ3) is 7.61. The number of carbonyl (C=O) groups is 1. The van der Waals surface area contributed by atoms with Crippen LogP contribution in [0, 0.1) is 0 Å². The molecule has 45 heavy (non-hydrogen) atoms. The molecule has 1 aliphatic rings. The van der Waals surface area contributed by atoms with Crippen LogP contribution in [-0.2, 0) is 16.1 Å². The standard InChI is InChI=1S/C30H30B4N8O3/c1-3-26(43)36-21-15-22(24(44-2)16-23(21)40-11-13-45-14-12-40)37-30-35-10-9-25(38-30)42-18-20(17-41(28(31)32)29(33)34)27(39-42)19-7-5-4-6-8-19/h3-10,15-16,18,28-29H,1,11-14,17H2,2H3,(H,36,43)(H,35,37,38). The van der Waals surface area contributed by atoms with E-state index in [9.17, 15) is 4.79 Å². The van der Waals surface area contributed by atoms with Gasteiger partial charge in [-0.05, 0) is 12.1 Å². The first-order chi connectivity index (χ1) is 21.8. The minimum atomic E-state index is -0.877. The number of ether oxygens (including phenoxy) is 2. The molecule has 4 aromatic rings. The Morgan fingerprint density at radius 3 is 2.51 bits per heavy atom. The molecule has 1 amide bonds. The molecule has 0 saturated carbocycles. The van der Waals surface area contributed by atoms with Gasteiger partial charge in [-0.25, -0.2) is 9.67 Å². The van der Waals surface area contributed by atoms with Crippen molar-refractivity contribution in [2.75, 3.05) is 48.9 Å². The lowest BCUT2D eigenvalue weighted by atomic mass is 9.69. The molecule has 3 heterocycles. The predicted molar refractivity (Wildman–Crippen MR) is 179 cm³/mol. The minimum Gasteiger partial charge on any atom is -0.494 e. The van der Waals surface area contributed by atoms with Gasteiger partial charge in [0.05, 0.1) is 74.5 Å². The van der Waals surface area contributed by atoms with Crippen molar-refractivity contribution in [3.05, 3.63) is 79.1 Å². The van der Waals surface area contributed by atoms with Gasteiger partial charge in [-0.2, -0.15) is 10.1 Å². The van der Waals surface area contributed by atoms with Crippen LogP contribution in [0.25, 0.3) is 17.1 Å². The van der Waals surface area contributed by atoms with E-state index in [4.69, 9.17) is 50.9 Å². The van der Waals surface area contributed by atoms with Crippen LogP contribution in [-0.4, -0.2) is 107 Å². The van der Waals surface area contributed by atoms with Gasteiger partial charge in [0.2, 0.25) is 11.9 Å². The first-order valence-electron chi connectivity index (χ1n) is 14.3. The van der Waals surface area contributed by atoms with Crippen LogP contribution in [0.2, 0.25) is 0 Å². The average molecular weight is 594 g/mol. The van der Waals surface area contributed by atoms with E-state index in [0.717, 1.165) is 16.8 Å². The molecule has 15 heteroatoms. The van der Waals surface area contributed by atoms with E-state index in [0.29, 0.717) is 54.9 Å². The van der Waals surface area contributed by atoms with E-state index in [1.54, 1.807) is 35.0 Å². The third-order valence-corrected chi connectivity index (χ3v) is 7.19. The number of anilines is 4. The summed E-state index contributed by atoms with van der Waals surface area (Å²) in [7, 11) is 25.4. The number of hydrogen-bond donors (Lipinski definition) is 2. The van der Waals surface area contributed by atoms with Gasteiger partial charge >= 0.3 is 0 Å². The number of methoxy groups -OCH3 is 1. The summed E-state index contributed by atoms with van der Waals surface area (Å²) in [4.78, 5) is 25.1. The number of rotatable bonds is 12. The number of carbonyl (C=O) groups excluding carboxylic acids is 1. The van der Waals surface area contributed by atoms with Crippen LogP contribution in [0.5, 0.6) is 5.75 Å². The van der Waals surface area contributed by atoms with Crippen molar-refractivity contribution in [3.63, 3.8) is 0 Å². The maximum Gasteiger partial charge on any atom is 0.247 e. The van der Waals surface area contributed by atoms with Crippen LogP contribution in [0.15, 0.2) is 73.6 Å². The zero-order valence-corrected chi connectivity index (χ0v) is 25.0. The number of aromatic nitrogens is 4. The Morgan fingerprint density at radius 2 is 1.84 bits per heavy atom. The summed E-state index contributed by atoms with van der Waals surface area (Å²) in [5, 5.41) is 11.0. The van der Waals surface area contributed by atoms with Gasteiger partial charge in [0.15, 0.2) is 5.82 Å². The maximum absolute atomic E-state index is 12.3. The van der Waals surface area contributed by atoms with E-state index in [2.05, 4.69) is 27.1 Å². The molecule has 11 nitrogen and oxygen atoms in total. The summed E-state index contributed by atoms with van der Waals surface area (Å²) < 4.78 is 12.9. The third-order valence-electron chi connectivity index (χ3n) is 7.19. The van der Waals surface area contributed by atoms with Crippen molar-refractivity contribution in [1.29, 1.82) is 0 Å². The van der Waals surface area contributed by atoms with Gasteiger partial charge < -0.3 is 29.9 Å². The van der Waals surface area contributed by atoms with Gasteiger partial charge in [0.25, 0.3) is 0 Å². The summed E-state index contributed by atoms with van der Waals surface area (Å²) >= 11 is 0. The molecule has 220 valence electrons. The Bertz CT molecular complexity index is 1620. The summed E-state index contributed by atoms with van der Waals surface area (Å²) in [6.45, 7) is 6.32. The molecule has 1 aliphatic heterocycles. The topological polar surface area (TPSA) is 110 Å². The van der Waals surface area contributed by atoms with Crippen LogP contribution in [0.1, 0.15) is 5.56 Å². The molecule has 5 rings (SSSR count). The lowest BCUT2D eigenvalue weighted by Gasteiger charge is -2.32. The lowest BCUT2D eigenvalue weighted by molar-refractivity contribution is -0.111. The molecule has 0 bridgehead atoms. The monoisotopic (exact) mass is 594 g/mol. The highest BCUT2D eigenvalue weighted by molar-refractivity contribution is 6.39. The zero-order valence-electron chi connectivity index (χ0n) is 25.0. The first-order valence-corrected chi connectivity index (χ1v) is 14.3. The number of benzene rings is 2. The number of hydrogen-bond acceptors (Lipinski definition) is 9. The predicted octanol–water partition coefficient (Wildman–Crippen LogP) is 2.09. The largest absolute Gasteiger partial charge is 0.494 e. The Balaban J connectivity index is 1.50. The minimum absolute atomic E-state index is 0.252. The summed E-state index contributed by atoms with van der Waals surface area (Å²) in [6, 6.07) is 15.1. The van der Waals surface area contributed by atoms with E-state index < -0.39 is 11.7 Å². The maximum atomic E-state index is 12.3. The second-order valence-corrected chi connectivity index (χ2v) is 10.2. The van der Waals surface area contributed by atoms with Crippen molar-refractivity contribution in [2.24, 2.45) is 0 Å². The van der Waals surface area contributed by atoms with Gasteiger partial charge in [-0.15, -0.1) is 0 Å². The van der Waals surface area contributed by atoms with Gasteiger partial charge in [0.1, 0.15) is 5.75 Å². The van der Waals surface area contributed by atoms with Crippen LogP contribution in [0.4, 0.5) is 23.0 Å². The smallest absolute Gasteiger partial charge is 0.247 e. The highest BCUT2D eigenvalue weighted by Crippen LogP contribution is 2.38. The normalized spacial score (nSPS) is 13.3. The molecule has 0 unspecified atom stereocenters. The zero-order chi connectivity index (χ0) is 31.9. The van der Waals surface area contributed by atoms with Crippen molar-refractivity contribution in [3.8, 4) is 22.8 Å². The molecule has 2 aromatic carbocycles. The summed E-state index contributed by atoms with van der Waals surface area (Å²) in [5.41, 5.74) is 4.28. The Morgan fingerprint density at radius 1 is 1.11 bits per heavy atom. The molecule has 1 saturated heterocycles. The van der Waals surface area contributed by atoms with E-state index >= 15 is 0 Å². The lowest BCUT2D eigenvalue weighted by Crippen LogP contribution is -2.44. The molecular formula is C30H30B4N8O3. The molecule has 0 atom stereocenters. The Labute approximate surface area is 268 Å². The summed E-state index contributed by atoms with van der Waals surface area (Å²) in [6.07, 6.45) is 4.66. The van der Waals surface area contributed by atoms with E-state index in [-0.39, 0.29) is 18.4 Å². The SMILES string of the molecule is [B]C([B])N(Cc1cn(-c2ccnc(Nc3cc(NC(=O)C=C)c(N4CCOCC4)cc3OC)n2)nc1-c1ccccc1)C([B])[B]. The fourth-order valence-electron chi connectivity index (χ4n) is 4.93. The molecule has 2 N–H and O–H groups in total. The number of nitrogens with one attached hydrogen (secondary N) is 2. The van der Waals surface area contributed by atoms with Crippen LogP contribution in [0.3, 0.4) is 0 Å². The fraction of sp³-hybridized carbons (Fsp3) is 0.267. The molecule has 0 spiro atoms. The van der Waals surface area contributed by atoms with Gasteiger partial charge in [0, 0.05) is 55.3 Å². The molecule has 0 aliphatic carbocycles. The van der Waals surface area contributed by atoms with Crippen LogP contribution >= 0.6 is 0 Å². The van der Waals surface area contributed by atoms with Crippen LogP contribution < -0.4 is 20.3 Å². The van der Waals surface area contributed by atoms with Gasteiger partial charge in [-0.3, -0.25) is 4.79 Å². The summed E-state index contributed by atoms with van der Waals surface area (Å²) in [5.74, 6) is -0.798. The second-order valence-electron chi connectivity index (χ2n) is 10.2. The fourth-order valence-corrected chi connectivity index (χ4v) is 4.93. The highest BCUT2D eigenvalue weighted by Gasteiger charge is 2.21. The number of morpholine rings is 1. The van der Waals surface area contributed by atoms with Crippen molar-refractivity contribution >= 4 is 60.3 Å². The Hall–Kier alpha value is -4.48. The molecule has 8 radical (unpaired) electrons. The average Bonchev–Trinajstić information content (AvgIpc) is 3.48. The van der Waals surface area contributed by atoms with Crippen molar-refractivity contribution in [1.82, 2.24) is 24.6 Å². The van der Waals surface area contributed by atoms with Gasteiger partial charge in [-0.1, -0.05) is 48.6 Å².